The van der Waals surface area contributed by atoms with Crippen molar-refractivity contribution >= 4 is 35.5 Å². The average Bonchev–Trinajstić information content (AvgIpc) is 3.29. The van der Waals surface area contributed by atoms with E-state index in [9.17, 15) is 4.79 Å². The van der Waals surface area contributed by atoms with Gasteiger partial charge in [-0.05, 0) is 0 Å². The second-order valence-electron chi connectivity index (χ2n) is 6.25. The summed E-state index contributed by atoms with van der Waals surface area (Å²) in [6.07, 6.45) is 1.74. The first kappa shape index (κ1) is 17.6. The molecule has 27 heavy (non-hydrogen) atoms. The molecule has 1 heterocycles. The summed E-state index contributed by atoms with van der Waals surface area (Å²) in [5.74, 6) is -0.313. The minimum atomic E-state index is -4.02. The fourth-order valence-electron chi connectivity index (χ4n) is 3.35. The van der Waals surface area contributed by atoms with Crippen LogP contribution in [-0.2, 0) is 3.07 Å². The number of hydrogen-bond donors (Lipinski definition) is 1. The molecule has 0 spiro atoms. The number of benzene rings is 3. The Morgan fingerprint density at radius 2 is 1.07 bits per heavy atom. The molecule has 0 atom stereocenters. The fraction of sp³-hybridized carbons (Fsp3) is 0. The topological polar surface area (TPSA) is 42.1 Å². The molecule has 0 aliphatic carbocycles. The van der Waals surface area contributed by atoms with Crippen LogP contribution >= 0.6 is 0 Å². The van der Waals surface area contributed by atoms with Gasteiger partial charge >= 0.3 is 163 Å². The summed E-state index contributed by atoms with van der Waals surface area (Å²) in [6.45, 7) is 0. The van der Waals surface area contributed by atoms with Crippen molar-refractivity contribution < 1.29 is 7.87 Å². The Bertz CT molecular complexity index is 904. The summed E-state index contributed by atoms with van der Waals surface area (Å²) in [5, 5.41) is 0. The molecule has 0 aliphatic rings. The van der Waals surface area contributed by atoms with Crippen LogP contribution in [0.25, 0.3) is 0 Å². The third-order valence-electron chi connectivity index (χ3n) is 4.60. The molecular formula is C23H19NO2Sn. The molecule has 0 saturated carbocycles. The van der Waals surface area contributed by atoms with E-state index in [-0.39, 0.29) is 5.97 Å². The van der Waals surface area contributed by atoms with Gasteiger partial charge in [0.05, 0.1) is 0 Å². The van der Waals surface area contributed by atoms with Gasteiger partial charge in [0.1, 0.15) is 0 Å². The molecule has 0 aliphatic heterocycles. The van der Waals surface area contributed by atoms with Gasteiger partial charge in [-0.1, -0.05) is 0 Å². The van der Waals surface area contributed by atoms with Crippen LogP contribution in [0.3, 0.4) is 0 Å². The van der Waals surface area contributed by atoms with Crippen molar-refractivity contribution in [3.63, 3.8) is 0 Å². The number of rotatable bonds is 5. The van der Waals surface area contributed by atoms with E-state index in [1.54, 1.807) is 18.3 Å². The van der Waals surface area contributed by atoms with Gasteiger partial charge in [-0.2, -0.15) is 0 Å². The Balaban J connectivity index is 1.96. The molecule has 3 aromatic carbocycles. The Kier molecular flexibility index (Phi) is 5.12. The number of aromatic amines is 1. The van der Waals surface area contributed by atoms with Crippen LogP contribution in [0, 0.1) is 0 Å². The Morgan fingerprint density at radius 3 is 1.44 bits per heavy atom. The van der Waals surface area contributed by atoms with Crippen molar-refractivity contribution in [2.24, 2.45) is 0 Å². The van der Waals surface area contributed by atoms with E-state index in [0.717, 1.165) is 10.7 Å². The molecule has 132 valence electrons. The first-order chi connectivity index (χ1) is 13.3. The third-order valence-corrected chi connectivity index (χ3v) is 15.8. The normalized spacial score (nSPS) is 11.1. The zero-order valence-electron chi connectivity index (χ0n) is 14.7. The second-order valence-corrected chi connectivity index (χ2v) is 15.7. The summed E-state index contributed by atoms with van der Waals surface area (Å²) in [6, 6.07) is 34.1. The van der Waals surface area contributed by atoms with E-state index in [0.29, 0.717) is 5.69 Å². The summed E-state index contributed by atoms with van der Waals surface area (Å²) < 4.78 is 9.78. The van der Waals surface area contributed by atoms with Crippen LogP contribution in [0.5, 0.6) is 0 Å². The summed E-state index contributed by atoms with van der Waals surface area (Å²) >= 11 is -4.02. The van der Waals surface area contributed by atoms with Crippen LogP contribution in [-0.4, -0.2) is 29.7 Å². The SMILES string of the molecule is O=C([O][Sn]([c]1ccccc1)([c]1ccccc1)[c]1ccccc1)c1ccc[nH]1. The number of aromatic nitrogens is 1. The number of carbonyl (C=O) groups excluding carboxylic acids is 1. The van der Waals surface area contributed by atoms with Crippen molar-refractivity contribution in [1.82, 2.24) is 4.98 Å². The van der Waals surface area contributed by atoms with Gasteiger partial charge in [0, 0.05) is 0 Å². The Morgan fingerprint density at radius 1 is 0.630 bits per heavy atom. The molecule has 0 bridgehead atoms. The molecule has 0 amide bonds. The first-order valence-corrected chi connectivity index (χ1v) is 14.3. The first-order valence-electron chi connectivity index (χ1n) is 8.84. The molecule has 4 aromatic rings. The van der Waals surface area contributed by atoms with Gasteiger partial charge in [0.2, 0.25) is 0 Å². The van der Waals surface area contributed by atoms with Crippen LogP contribution in [0.4, 0.5) is 0 Å². The average molecular weight is 460 g/mol. The number of H-pyrrole nitrogens is 1. The van der Waals surface area contributed by atoms with Gasteiger partial charge in [0.15, 0.2) is 0 Å². The Labute approximate surface area is 163 Å². The monoisotopic (exact) mass is 461 g/mol. The molecule has 3 nitrogen and oxygen atoms in total. The van der Waals surface area contributed by atoms with Gasteiger partial charge in [0.25, 0.3) is 0 Å². The van der Waals surface area contributed by atoms with Gasteiger partial charge in [-0.15, -0.1) is 0 Å². The molecule has 1 N–H and O–H groups in total. The molecule has 0 fully saturated rings. The summed E-state index contributed by atoms with van der Waals surface area (Å²) in [5.41, 5.74) is 0.471. The number of hydrogen-bond acceptors (Lipinski definition) is 2. The number of nitrogens with one attached hydrogen (secondary N) is 1. The van der Waals surface area contributed by atoms with E-state index in [2.05, 4.69) is 41.4 Å². The second kappa shape index (κ2) is 7.84. The van der Waals surface area contributed by atoms with Crippen LogP contribution in [0.2, 0.25) is 0 Å². The van der Waals surface area contributed by atoms with E-state index >= 15 is 0 Å². The van der Waals surface area contributed by atoms with Crippen molar-refractivity contribution in [2.45, 2.75) is 0 Å². The maximum atomic E-state index is 13.0. The summed E-state index contributed by atoms with van der Waals surface area (Å²) in [4.78, 5) is 16.0. The van der Waals surface area contributed by atoms with Crippen molar-refractivity contribution in [1.29, 1.82) is 0 Å². The van der Waals surface area contributed by atoms with Crippen LogP contribution < -0.4 is 10.7 Å². The molecule has 0 saturated heterocycles. The van der Waals surface area contributed by atoms with Crippen LogP contribution in [0.1, 0.15) is 10.5 Å². The minimum absolute atomic E-state index is 0.313. The predicted octanol–water partition coefficient (Wildman–Crippen LogP) is 2.84. The molecule has 4 heteroatoms. The van der Waals surface area contributed by atoms with E-state index in [1.807, 2.05) is 54.6 Å². The predicted molar refractivity (Wildman–Crippen MR) is 110 cm³/mol. The fourth-order valence-corrected chi connectivity index (χ4v) is 14.0. The molecule has 0 radical (unpaired) electrons. The molecule has 1 aromatic heterocycles. The van der Waals surface area contributed by atoms with Crippen LogP contribution in [0.15, 0.2) is 109 Å². The molecule has 0 unspecified atom stereocenters. The van der Waals surface area contributed by atoms with Gasteiger partial charge in [-0.3, -0.25) is 0 Å². The van der Waals surface area contributed by atoms with Crippen molar-refractivity contribution in [2.75, 3.05) is 0 Å². The van der Waals surface area contributed by atoms with Crippen molar-refractivity contribution in [3.05, 3.63) is 115 Å². The standard InChI is InChI=1S/3C6H5.C5H5NO2.Sn/c3*1-2-4-6-5-3-1;7-5(8)4-2-1-3-6-4;/h3*1-5H;1-3,6H,(H,7,8);/q;;;;+1/p-1. The molecule has 4 rings (SSSR count). The third kappa shape index (κ3) is 3.43. The molecular weight excluding hydrogens is 441 g/mol. The van der Waals surface area contributed by atoms with E-state index < -0.39 is 18.8 Å². The number of carbonyl (C=O) groups is 1. The van der Waals surface area contributed by atoms with E-state index in [1.165, 1.54) is 0 Å². The zero-order chi connectivity index (χ0) is 18.5. The van der Waals surface area contributed by atoms with Crippen molar-refractivity contribution in [3.8, 4) is 0 Å². The van der Waals surface area contributed by atoms with E-state index in [4.69, 9.17) is 3.07 Å². The van der Waals surface area contributed by atoms with Gasteiger partial charge in [-0.25, -0.2) is 0 Å². The quantitative estimate of drug-likeness (QED) is 0.466. The maximum absolute atomic E-state index is 13.0. The Hall–Kier alpha value is -2.79. The summed E-state index contributed by atoms with van der Waals surface area (Å²) in [7, 11) is 0. The zero-order valence-corrected chi connectivity index (χ0v) is 17.6. The van der Waals surface area contributed by atoms with Gasteiger partial charge < -0.3 is 0 Å².